The molecule has 1 heterocycles. The van der Waals surface area contributed by atoms with Crippen LogP contribution in [0.4, 0.5) is 5.69 Å². The molecule has 1 amide bonds. The SMILES string of the molecule is C=CCn1c(SC(C)C(=O)Nc2cc(S(=O)(=O)N(C)C)ccc2C)nc2ccccc21. The number of carbonyl (C=O) groups excluding carboxylic acids is 1. The summed E-state index contributed by atoms with van der Waals surface area (Å²) in [4.78, 5) is 17.7. The lowest BCUT2D eigenvalue weighted by atomic mass is 10.2. The zero-order valence-corrected chi connectivity index (χ0v) is 19.6. The van der Waals surface area contributed by atoms with Crippen molar-refractivity contribution in [2.75, 3.05) is 19.4 Å². The molecule has 2 aromatic carbocycles. The lowest BCUT2D eigenvalue weighted by Gasteiger charge is -2.16. The highest BCUT2D eigenvalue weighted by Gasteiger charge is 2.22. The maximum atomic E-state index is 12.9. The summed E-state index contributed by atoms with van der Waals surface area (Å²) in [6.07, 6.45) is 1.79. The van der Waals surface area contributed by atoms with Crippen molar-refractivity contribution in [1.29, 1.82) is 0 Å². The van der Waals surface area contributed by atoms with Crippen LogP contribution in [0.25, 0.3) is 11.0 Å². The number of hydrogen-bond acceptors (Lipinski definition) is 5. The van der Waals surface area contributed by atoms with Crippen molar-refractivity contribution in [2.45, 2.75) is 35.7 Å². The summed E-state index contributed by atoms with van der Waals surface area (Å²) >= 11 is 1.35. The molecule has 0 radical (unpaired) electrons. The maximum absolute atomic E-state index is 12.9. The van der Waals surface area contributed by atoms with E-state index in [-0.39, 0.29) is 10.8 Å². The average molecular weight is 459 g/mol. The molecule has 1 N–H and O–H groups in total. The summed E-state index contributed by atoms with van der Waals surface area (Å²) in [7, 11) is -0.646. The van der Waals surface area contributed by atoms with Gasteiger partial charge in [0.2, 0.25) is 15.9 Å². The molecule has 1 atom stereocenters. The van der Waals surface area contributed by atoms with Gasteiger partial charge in [0.15, 0.2) is 5.16 Å². The third-order valence-corrected chi connectivity index (χ3v) is 7.73. The number of nitrogens with zero attached hydrogens (tertiary/aromatic N) is 3. The van der Waals surface area contributed by atoms with Crippen LogP contribution < -0.4 is 5.32 Å². The number of amides is 1. The van der Waals surface area contributed by atoms with Gasteiger partial charge in [0.1, 0.15) is 0 Å². The first-order chi connectivity index (χ1) is 14.6. The summed E-state index contributed by atoms with van der Waals surface area (Å²) in [5.41, 5.74) is 3.09. The van der Waals surface area contributed by atoms with Crippen molar-refractivity contribution in [3.63, 3.8) is 0 Å². The molecule has 0 saturated heterocycles. The Morgan fingerprint density at radius 3 is 2.68 bits per heavy atom. The van der Waals surface area contributed by atoms with Crippen LogP contribution in [0.5, 0.6) is 0 Å². The summed E-state index contributed by atoms with van der Waals surface area (Å²) in [6, 6.07) is 12.5. The standard InChI is InChI=1S/C22H26N4O3S2/c1-6-13-26-20-10-8-7-9-18(20)24-22(26)30-16(3)21(27)23-19-14-17(12-11-15(19)2)31(28,29)25(4)5/h6-12,14,16H,1,13H2,2-5H3,(H,23,27). The van der Waals surface area contributed by atoms with E-state index in [1.54, 1.807) is 19.1 Å². The molecular formula is C22H26N4O3S2. The molecular weight excluding hydrogens is 432 g/mol. The van der Waals surface area contributed by atoms with E-state index >= 15 is 0 Å². The van der Waals surface area contributed by atoms with Crippen molar-refractivity contribution in [3.8, 4) is 0 Å². The van der Waals surface area contributed by atoms with Gasteiger partial charge < -0.3 is 9.88 Å². The number of allylic oxidation sites excluding steroid dienone is 1. The van der Waals surface area contributed by atoms with Gasteiger partial charge in [-0.2, -0.15) is 0 Å². The number of fused-ring (bicyclic) bond motifs is 1. The molecule has 1 aromatic heterocycles. The molecule has 31 heavy (non-hydrogen) atoms. The van der Waals surface area contributed by atoms with E-state index in [0.29, 0.717) is 12.2 Å². The summed E-state index contributed by atoms with van der Waals surface area (Å²) in [5, 5.41) is 3.14. The number of nitrogens with one attached hydrogen (secondary N) is 1. The molecule has 0 aliphatic carbocycles. The van der Waals surface area contributed by atoms with Crippen LogP contribution in [-0.4, -0.2) is 47.5 Å². The molecule has 164 valence electrons. The molecule has 1 unspecified atom stereocenters. The molecule has 3 aromatic rings. The second-order valence-corrected chi connectivity index (χ2v) is 10.8. The Balaban J connectivity index is 1.83. The lowest BCUT2D eigenvalue weighted by molar-refractivity contribution is -0.115. The largest absolute Gasteiger partial charge is 0.325 e. The van der Waals surface area contributed by atoms with Gasteiger partial charge >= 0.3 is 0 Å². The molecule has 9 heteroatoms. The molecule has 0 spiro atoms. The predicted molar refractivity (Wildman–Crippen MR) is 126 cm³/mol. The van der Waals surface area contributed by atoms with Gasteiger partial charge in [0, 0.05) is 26.3 Å². The van der Waals surface area contributed by atoms with Crippen LogP contribution in [0, 0.1) is 6.92 Å². The molecule has 0 saturated carbocycles. The van der Waals surface area contributed by atoms with Crippen LogP contribution in [0.3, 0.4) is 0 Å². The fourth-order valence-corrected chi connectivity index (χ4v) is 4.86. The topological polar surface area (TPSA) is 84.3 Å². The molecule has 3 rings (SSSR count). The summed E-state index contributed by atoms with van der Waals surface area (Å²) in [6.45, 7) is 8.02. The predicted octanol–water partition coefficient (Wildman–Crippen LogP) is 3.90. The Hall–Kier alpha value is -2.62. The van der Waals surface area contributed by atoms with Gasteiger partial charge in [-0.1, -0.05) is 36.0 Å². The Kier molecular flexibility index (Phi) is 6.88. The van der Waals surface area contributed by atoms with Crippen LogP contribution in [-0.2, 0) is 21.4 Å². The summed E-state index contributed by atoms with van der Waals surface area (Å²) < 4.78 is 28.0. The first-order valence-corrected chi connectivity index (χ1v) is 12.0. The Morgan fingerprint density at radius 1 is 1.29 bits per heavy atom. The van der Waals surface area contributed by atoms with Crippen LogP contribution >= 0.6 is 11.8 Å². The number of benzene rings is 2. The minimum absolute atomic E-state index is 0.131. The van der Waals surface area contributed by atoms with Gasteiger partial charge in [0.05, 0.1) is 21.2 Å². The van der Waals surface area contributed by atoms with E-state index in [1.807, 2.05) is 35.8 Å². The zero-order valence-electron chi connectivity index (χ0n) is 18.0. The van der Waals surface area contributed by atoms with Crippen LogP contribution in [0.2, 0.25) is 0 Å². The Bertz CT molecular complexity index is 1230. The highest BCUT2D eigenvalue weighted by atomic mass is 32.2. The Labute approximate surface area is 187 Å². The smallest absolute Gasteiger partial charge is 0.242 e. The minimum atomic E-state index is -3.59. The van der Waals surface area contributed by atoms with E-state index in [1.165, 1.54) is 38.0 Å². The second kappa shape index (κ2) is 9.25. The molecule has 0 bridgehead atoms. The van der Waals surface area contributed by atoms with Crippen LogP contribution in [0.1, 0.15) is 12.5 Å². The van der Waals surface area contributed by atoms with Gasteiger partial charge in [-0.05, 0) is 43.7 Å². The van der Waals surface area contributed by atoms with E-state index in [2.05, 4.69) is 16.9 Å². The van der Waals surface area contributed by atoms with E-state index in [0.717, 1.165) is 26.1 Å². The van der Waals surface area contributed by atoms with E-state index in [9.17, 15) is 13.2 Å². The third-order valence-electron chi connectivity index (χ3n) is 4.83. The molecule has 7 nitrogen and oxygen atoms in total. The number of thioether (sulfide) groups is 1. The van der Waals surface area contributed by atoms with Gasteiger partial charge in [-0.3, -0.25) is 4.79 Å². The second-order valence-electron chi connectivity index (χ2n) is 7.30. The molecule has 0 aliphatic rings. The van der Waals surface area contributed by atoms with E-state index in [4.69, 9.17) is 0 Å². The highest BCUT2D eigenvalue weighted by molar-refractivity contribution is 8.00. The normalized spacial score (nSPS) is 12.8. The van der Waals surface area contributed by atoms with Crippen molar-refractivity contribution < 1.29 is 13.2 Å². The van der Waals surface area contributed by atoms with Crippen molar-refractivity contribution >= 4 is 44.4 Å². The minimum Gasteiger partial charge on any atom is -0.325 e. The monoisotopic (exact) mass is 458 g/mol. The highest BCUT2D eigenvalue weighted by Crippen LogP contribution is 2.29. The first-order valence-electron chi connectivity index (χ1n) is 9.72. The van der Waals surface area contributed by atoms with Gasteiger partial charge in [-0.25, -0.2) is 17.7 Å². The number of rotatable bonds is 8. The van der Waals surface area contributed by atoms with Gasteiger partial charge in [-0.15, -0.1) is 6.58 Å². The Morgan fingerprint density at radius 2 is 2.00 bits per heavy atom. The number of imidazole rings is 1. The third kappa shape index (κ3) is 4.84. The molecule has 0 fully saturated rings. The zero-order chi connectivity index (χ0) is 22.8. The van der Waals surface area contributed by atoms with Crippen molar-refractivity contribution in [3.05, 3.63) is 60.7 Å². The molecule has 0 aliphatic heterocycles. The maximum Gasteiger partial charge on any atom is 0.242 e. The number of aryl methyl sites for hydroxylation is 1. The quantitative estimate of drug-likeness (QED) is 0.409. The van der Waals surface area contributed by atoms with Crippen molar-refractivity contribution in [2.24, 2.45) is 0 Å². The van der Waals surface area contributed by atoms with E-state index < -0.39 is 15.3 Å². The number of hydrogen-bond donors (Lipinski definition) is 1. The fraction of sp³-hybridized carbons (Fsp3) is 0.273. The number of aromatic nitrogens is 2. The fourth-order valence-electron chi connectivity index (χ4n) is 3.00. The number of para-hydroxylation sites is 2. The average Bonchev–Trinajstić information content (AvgIpc) is 3.06. The van der Waals surface area contributed by atoms with Gasteiger partial charge in [0.25, 0.3) is 0 Å². The number of sulfonamides is 1. The first kappa shape index (κ1) is 23.1. The van der Waals surface area contributed by atoms with Crippen molar-refractivity contribution in [1.82, 2.24) is 13.9 Å². The van der Waals surface area contributed by atoms with Crippen LogP contribution in [0.15, 0.2) is 65.2 Å². The summed E-state index contributed by atoms with van der Waals surface area (Å²) in [5.74, 6) is -0.232. The lowest BCUT2D eigenvalue weighted by Crippen LogP contribution is -2.25. The number of anilines is 1. The number of carbonyl (C=O) groups is 1.